The average Bonchev–Trinajstić information content (AvgIpc) is 2.60. The molecule has 0 amide bonds. The van der Waals surface area contributed by atoms with E-state index in [9.17, 15) is 13.2 Å². The molecule has 2 aromatic heterocycles. The molecule has 0 aromatic carbocycles. The van der Waals surface area contributed by atoms with Gasteiger partial charge in [0.15, 0.2) is 5.65 Å². The predicted octanol–water partition coefficient (Wildman–Crippen LogP) is 2.38. The molecule has 0 aliphatic heterocycles. The van der Waals surface area contributed by atoms with Crippen molar-refractivity contribution in [2.75, 3.05) is 6.61 Å². The maximum absolute atomic E-state index is 12.3. The summed E-state index contributed by atoms with van der Waals surface area (Å²) < 4.78 is 42.0. The Morgan fingerprint density at radius 3 is 2.69 bits per heavy atom. The summed E-state index contributed by atoms with van der Waals surface area (Å²) in [6.07, 6.45) is -4.49. The van der Waals surface area contributed by atoms with Gasteiger partial charge in [-0.2, -0.15) is 18.2 Å². The van der Waals surface area contributed by atoms with Crippen LogP contribution in [0.1, 0.15) is 12.7 Å². The van der Waals surface area contributed by atoms with E-state index in [4.69, 9.17) is 4.74 Å². The van der Waals surface area contributed by atoms with Gasteiger partial charge in [0.1, 0.15) is 0 Å². The monoisotopic (exact) mass is 231 g/mol. The molecule has 4 nitrogen and oxygen atoms in total. The lowest BCUT2D eigenvalue weighted by molar-refractivity contribution is -0.144. The van der Waals surface area contributed by atoms with Crippen molar-refractivity contribution in [3.05, 3.63) is 18.0 Å². The molecule has 2 aromatic rings. The van der Waals surface area contributed by atoms with Crippen molar-refractivity contribution in [2.45, 2.75) is 13.1 Å². The molecule has 0 aliphatic carbocycles. The highest BCUT2D eigenvalue weighted by Crippen LogP contribution is 2.28. The van der Waals surface area contributed by atoms with E-state index in [1.807, 2.05) is 0 Å². The summed E-state index contributed by atoms with van der Waals surface area (Å²) >= 11 is 0. The quantitative estimate of drug-likeness (QED) is 0.863. The first-order chi connectivity index (χ1) is 7.50. The van der Waals surface area contributed by atoms with E-state index in [1.165, 1.54) is 12.1 Å². The molecule has 0 bridgehead atoms. The lowest BCUT2D eigenvalue weighted by Gasteiger charge is -1.99. The van der Waals surface area contributed by atoms with Gasteiger partial charge in [0, 0.05) is 6.07 Å². The largest absolute Gasteiger partial charge is 0.478 e. The molecule has 16 heavy (non-hydrogen) atoms. The number of H-pyrrole nitrogens is 1. The summed E-state index contributed by atoms with van der Waals surface area (Å²) in [6, 6.07) is 2.94. The SMILES string of the molecule is CCOc1ccc2[nH]c(C(F)(F)F)nc2n1. The van der Waals surface area contributed by atoms with E-state index < -0.39 is 12.0 Å². The van der Waals surface area contributed by atoms with Gasteiger partial charge in [-0.15, -0.1) is 0 Å². The Morgan fingerprint density at radius 2 is 2.06 bits per heavy atom. The van der Waals surface area contributed by atoms with Crippen molar-refractivity contribution in [2.24, 2.45) is 0 Å². The fourth-order valence-corrected chi connectivity index (χ4v) is 1.24. The number of fused-ring (bicyclic) bond motifs is 1. The van der Waals surface area contributed by atoms with Crippen LogP contribution >= 0.6 is 0 Å². The van der Waals surface area contributed by atoms with Crippen LogP contribution in [0, 0.1) is 0 Å². The Balaban J connectivity index is 2.46. The third-order valence-electron chi connectivity index (χ3n) is 1.88. The molecular weight excluding hydrogens is 223 g/mol. The zero-order chi connectivity index (χ0) is 11.8. The number of aromatic nitrogens is 3. The number of imidazole rings is 1. The van der Waals surface area contributed by atoms with Crippen LogP contribution in [0.3, 0.4) is 0 Å². The van der Waals surface area contributed by atoms with Crippen LogP contribution in [0.25, 0.3) is 11.2 Å². The van der Waals surface area contributed by atoms with Crippen LogP contribution in [-0.4, -0.2) is 21.6 Å². The first-order valence-electron chi connectivity index (χ1n) is 4.57. The van der Waals surface area contributed by atoms with E-state index in [1.54, 1.807) is 6.92 Å². The third kappa shape index (κ3) is 1.93. The number of nitrogens with one attached hydrogen (secondary N) is 1. The number of alkyl halides is 3. The first kappa shape index (κ1) is 10.7. The molecule has 0 spiro atoms. The fraction of sp³-hybridized carbons (Fsp3) is 0.333. The second-order valence-corrected chi connectivity index (χ2v) is 3.04. The Morgan fingerprint density at radius 1 is 1.31 bits per heavy atom. The second-order valence-electron chi connectivity index (χ2n) is 3.04. The lowest BCUT2D eigenvalue weighted by atomic mass is 10.4. The van der Waals surface area contributed by atoms with Crippen LogP contribution in [0.15, 0.2) is 12.1 Å². The normalized spacial score (nSPS) is 12.0. The van der Waals surface area contributed by atoms with Crippen molar-refractivity contribution in [1.82, 2.24) is 15.0 Å². The molecule has 2 rings (SSSR count). The van der Waals surface area contributed by atoms with Crippen molar-refractivity contribution < 1.29 is 17.9 Å². The first-order valence-corrected chi connectivity index (χ1v) is 4.57. The Bertz CT molecular complexity index is 506. The van der Waals surface area contributed by atoms with E-state index >= 15 is 0 Å². The minimum absolute atomic E-state index is 0.00160. The lowest BCUT2D eigenvalue weighted by Crippen LogP contribution is -2.06. The Kier molecular flexibility index (Phi) is 2.45. The molecule has 0 atom stereocenters. The smallest absolute Gasteiger partial charge is 0.449 e. The van der Waals surface area contributed by atoms with Crippen molar-refractivity contribution in [3.8, 4) is 5.88 Å². The highest BCUT2D eigenvalue weighted by molar-refractivity contribution is 5.71. The fourth-order valence-electron chi connectivity index (χ4n) is 1.24. The van der Waals surface area contributed by atoms with Crippen molar-refractivity contribution in [3.63, 3.8) is 0 Å². The molecular formula is C9H8F3N3O. The van der Waals surface area contributed by atoms with Gasteiger partial charge in [0.05, 0.1) is 12.1 Å². The van der Waals surface area contributed by atoms with Crippen LogP contribution in [0.2, 0.25) is 0 Å². The molecule has 0 radical (unpaired) electrons. The van der Waals surface area contributed by atoms with Crippen LogP contribution < -0.4 is 4.74 Å². The van der Waals surface area contributed by atoms with E-state index in [2.05, 4.69) is 15.0 Å². The van der Waals surface area contributed by atoms with Crippen molar-refractivity contribution >= 4 is 11.2 Å². The van der Waals surface area contributed by atoms with Gasteiger partial charge in [-0.05, 0) is 13.0 Å². The van der Waals surface area contributed by atoms with Gasteiger partial charge in [0.25, 0.3) is 0 Å². The number of hydrogen-bond donors (Lipinski definition) is 1. The maximum atomic E-state index is 12.3. The molecule has 0 saturated carbocycles. The molecule has 0 unspecified atom stereocenters. The molecule has 0 fully saturated rings. The topological polar surface area (TPSA) is 50.8 Å². The number of pyridine rings is 1. The van der Waals surface area contributed by atoms with E-state index in [0.29, 0.717) is 6.61 Å². The minimum Gasteiger partial charge on any atom is -0.478 e. The van der Waals surface area contributed by atoms with Gasteiger partial charge in [-0.1, -0.05) is 0 Å². The molecule has 7 heteroatoms. The summed E-state index contributed by atoms with van der Waals surface area (Å²) in [5.41, 5.74) is 0.231. The number of hydrogen-bond acceptors (Lipinski definition) is 3. The number of nitrogens with zero attached hydrogens (tertiary/aromatic N) is 2. The van der Waals surface area contributed by atoms with E-state index in [-0.39, 0.29) is 17.0 Å². The summed E-state index contributed by atoms with van der Waals surface area (Å²) in [7, 11) is 0. The Hall–Kier alpha value is -1.79. The van der Waals surface area contributed by atoms with Crippen molar-refractivity contribution in [1.29, 1.82) is 0 Å². The molecule has 2 heterocycles. The van der Waals surface area contributed by atoms with Gasteiger partial charge >= 0.3 is 6.18 Å². The van der Waals surface area contributed by atoms with Crippen LogP contribution in [-0.2, 0) is 6.18 Å². The van der Waals surface area contributed by atoms with Gasteiger partial charge in [-0.25, -0.2) is 4.98 Å². The molecule has 86 valence electrons. The highest BCUT2D eigenvalue weighted by atomic mass is 19.4. The average molecular weight is 231 g/mol. The van der Waals surface area contributed by atoms with Gasteiger partial charge < -0.3 is 9.72 Å². The van der Waals surface area contributed by atoms with Gasteiger partial charge in [-0.3, -0.25) is 0 Å². The maximum Gasteiger partial charge on any atom is 0.449 e. The zero-order valence-electron chi connectivity index (χ0n) is 8.30. The summed E-state index contributed by atoms with van der Waals surface area (Å²) in [5.74, 6) is -0.793. The van der Waals surface area contributed by atoms with E-state index in [0.717, 1.165) is 0 Å². The summed E-state index contributed by atoms with van der Waals surface area (Å²) in [4.78, 5) is 9.34. The Labute approximate surface area is 88.5 Å². The third-order valence-corrected chi connectivity index (χ3v) is 1.88. The predicted molar refractivity (Wildman–Crippen MR) is 50.1 cm³/mol. The second kappa shape index (κ2) is 3.66. The number of aromatic amines is 1. The summed E-state index contributed by atoms with van der Waals surface area (Å²) in [6.45, 7) is 2.16. The molecule has 0 aliphatic rings. The minimum atomic E-state index is -4.49. The van der Waals surface area contributed by atoms with Crippen LogP contribution in [0.4, 0.5) is 13.2 Å². The molecule has 1 N–H and O–H groups in total. The highest BCUT2D eigenvalue weighted by Gasteiger charge is 2.34. The van der Waals surface area contributed by atoms with Crippen LogP contribution in [0.5, 0.6) is 5.88 Å². The molecule has 0 saturated heterocycles. The number of halogens is 3. The van der Waals surface area contributed by atoms with Gasteiger partial charge in [0.2, 0.25) is 11.7 Å². The standard InChI is InChI=1S/C9H8F3N3O/c1-2-16-6-4-3-5-7(14-6)15-8(13-5)9(10,11)12/h3-4H,2H2,1H3,(H,13,14,15). The number of rotatable bonds is 2. The zero-order valence-corrected chi connectivity index (χ0v) is 8.30. The number of ether oxygens (including phenoxy) is 1. The summed E-state index contributed by atoms with van der Waals surface area (Å²) in [5, 5.41) is 0.